The van der Waals surface area contributed by atoms with Crippen molar-refractivity contribution in [2.24, 2.45) is 0 Å². The van der Waals surface area contributed by atoms with Gasteiger partial charge < -0.3 is 19.4 Å². The number of likely N-dealkylation sites (tertiary alicyclic amines) is 1. The number of ether oxygens (including phenoxy) is 1. The summed E-state index contributed by atoms with van der Waals surface area (Å²) in [6.07, 6.45) is 7.10. The van der Waals surface area contributed by atoms with Gasteiger partial charge in [-0.25, -0.2) is 9.97 Å². The molecule has 3 fully saturated rings. The Morgan fingerprint density at radius 2 is 1.85 bits per heavy atom. The lowest BCUT2D eigenvalue weighted by molar-refractivity contribution is -0.130. The van der Waals surface area contributed by atoms with Crippen molar-refractivity contribution in [2.75, 3.05) is 50.8 Å². The second-order valence-corrected chi connectivity index (χ2v) is 7.97. The van der Waals surface area contributed by atoms with Crippen LogP contribution in [0.1, 0.15) is 37.8 Å². The van der Waals surface area contributed by atoms with Crippen LogP contribution in [0.3, 0.4) is 0 Å². The molecule has 4 rings (SSSR count). The third-order valence-corrected chi connectivity index (χ3v) is 5.95. The van der Waals surface area contributed by atoms with E-state index in [1.54, 1.807) is 6.33 Å². The molecule has 3 heterocycles. The summed E-state index contributed by atoms with van der Waals surface area (Å²) >= 11 is 0. The van der Waals surface area contributed by atoms with Crippen molar-refractivity contribution >= 4 is 11.7 Å². The van der Waals surface area contributed by atoms with Gasteiger partial charge in [-0.15, -0.1) is 0 Å². The molecule has 0 radical (unpaired) electrons. The van der Waals surface area contributed by atoms with Crippen molar-refractivity contribution < 1.29 is 9.53 Å². The Morgan fingerprint density at radius 3 is 2.59 bits per heavy atom. The van der Waals surface area contributed by atoms with E-state index >= 15 is 0 Å². The summed E-state index contributed by atoms with van der Waals surface area (Å²) in [7, 11) is 0. The maximum absolute atomic E-state index is 12.1. The SMILES string of the molecule is Cc1cc(N(C2CC2)C2CCN(CCN3CCOCCC3=O)CC2)ncn1. The minimum absolute atomic E-state index is 0.237. The van der Waals surface area contributed by atoms with Crippen molar-refractivity contribution in [3.63, 3.8) is 0 Å². The number of anilines is 1. The fraction of sp³-hybridized carbons (Fsp3) is 0.750. The lowest BCUT2D eigenvalue weighted by atomic mass is 10.0. The standard InChI is InChI=1S/C20H31N5O2/c1-16-14-19(22-15-21-16)25(17-2-3-17)18-4-7-23(8-5-18)9-10-24-11-13-27-12-6-20(24)26/h14-15,17-18H,2-13H2,1H3. The normalized spacial score (nSPS) is 22.7. The lowest BCUT2D eigenvalue weighted by Gasteiger charge is -2.40. The second-order valence-electron chi connectivity index (χ2n) is 7.97. The number of hydrogen-bond donors (Lipinski definition) is 0. The Morgan fingerprint density at radius 1 is 1.07 bits per heavy atom. The first-order chi connectivity index (χ1) is 13.2. The summed E-state index contributed by atoms with van der Waals surface area (Å²) in [5.74, 6) is 1.33. The number of carbonyl (C=O) groups excluding carboxylic acids is 1. The quantitative estimate of drug-likeness (QED) is 0.753. The number of aryl methyl sites for hydroxylation is 1. The molecule has 0 aromatic carbocycles. The van der Waals surface area contributed by atoms with E-state index in [2.05, 4.69) is 25.8 Å². The molecule has 0 atom stereocenters. The van der Waals surface area contributed by atoms with Crippen molar-refractivity contribution in [3.05, 3.63) is 18.1 Å². The highest BCUT2D eigenvalue weighted by atomic mass is 16.5. The van der Waals surface area contributed by atoms with Gasteiger partial charge in [0, 0.05) is 56.6 Å². The molecule has 0 spiro atoms. The van der Waals surface area contributed by atoms with Crippen LogP contribution in [0, 0.1) is 6.92 Å². The molecule has 0 N–H and O–H groups in total. The number of amides is 1. The molecule has 1 aliphatic carbocycles. The smallest absolute Gasteiger partial charge is 0.225 e. The van der Waals surface area contributed by atoms with Gasteiger partial charge in [0.2, 0.25) is 5.91 Å². The van der Waals surface area contributed by atoms with Gasteiger partial charge >= 0.3 is 0 Å². The fourth-order valence-corrected chi connectivity index (χ4v) is 4.25. The van der Waals surface area contributed by atoms with Crippen LogP contribution in [-0.2, 0) is 9.53 Å². The molecule has 2 saturated heterocycles. The van der Waals surface area contributed by atoms with Crippen LogP contribution in [0.2, 0.25) is 0 Å². The molecule has 27 heavy (non-hydrogen) atoms. The third-order valence-electron chi connectivity index (χ3n) is 5.95. The zero-order valence-corrected chi connectivity index (χ0v) is 16.3. The van der Waals surface area contributed by atoms with Crippen LogP contribution in [0.4, 0.5) is 5.82 Å². The topological polar surface area (TPSA) is 61.8 Å². The summed E-state index contributed by atoms with van der Waals surface area (Å²) in [5, 5.41) is 0. The molecular weight excluding hydrogens is 342 g/mol. The van der Waals surface area contributed by atoms with Crippen LogP contribution in [0.5, 0.6) is 0 Å². The molecule has 7 nitrogen and oxygen atoms in total. The van der Waals surface area contributed by atoms with E-state index in [0.717, 1.165) is 57.1 Å². The third kappa shape index (κ3) is 4.76. The highest BCUT2D eigenvalue weighted by Crippen LogP contribution is 2.35. The van der Waals surface area contributed by atoms with Crippen molar-refractivity contribution in [2.45, 2.75) is 51.1 Å². The largest absolute Gasteiger partial charge is 0.379 e. The van der Waals surface area contributed by atoms with Crippen molar-refractivity contribution in [1.82, 2.24) is 19.8 Å². The highest BCUT2D eigenvalue weighted by molar-refractivity contribution is 5.76. The summed E-state index contributed by atoms with van der Waals surface area (Å²) in [6, 6.07) is 3.35. The van der Waals surface area contributed by atoms with E-state index in [4.69, 9.17) is 4.74 Å². The molecule has 1 amide bonds. The number of piperidine rings is 1. The molecule has 0 unspecified atom stereocenters. The van der Waals surface area contributed by atoms with E-state index in [9.17, 15) is 4.79 Å². The number of nitrogens with zero attached hydrogens (tertiary/aromatic N) is 5. The zero-order valence-electron chi connectivity index (χ0n) is 16.3. The van der Waals surface area contributed by atoms with Gasteiger partial charge in [-0.05, 0) is 32.6 Å². The first-order valence-electron chi connectivity index (χ1n) is 10.4. The number of rotatable bonds is 6. The van der Waals surface area contributed by atoms with Crippen molar-refractivity contribution in [3.8, 4) is 0 Å². The van der Waals surface area contributed by atoms with E-state index in [1.807, 2.05) is 11.8 Å². The molecular formula is C20H31N5O2. The first-order valence-corrected chi connectivity index (χ1v) is 10.4. The molecule has 0 bridgehead atoms. The van der Waals surface area contributed by atoms with Crippen LogP contribution >= 0.6 is 0 Å². The minimum Gasteiger partial charge on any atom is -0.379 e. The Balaban J connectivity index is 1.29. The van der Waals surface area contributed by atoms with Gasteiger partial charge in [-0.1, -0.05) is 0 Å². The van der Waals surface area contributed by atoms with Crippen molar-refractivity contribution in [1.29, 1.82) is 0 Å². The van der Waals surface area contributed by atoms with E-state index in [0.29, 0.717) is 31.7 Å². The number of carbonyl (C=O) groups is 1. The molecule has 1 aromatic heterocycles. The van der Waals surface area contributed by atoms with Crippen LogP contribution in [-0.4, -0.2) is 83.7 Å². The van der Waals surface area contributed by atoms with E-state index in [-0.39, 0.29) is 5.91 Å². The van der Waals surface area contributed by atoms with E-state index in [1.165, 1.54) is 12.8 Å². The average molecular weight is 374 g/mol. The maximum atomic E-state index is 12.1. The monoisotopic (exact) mass is 373 g/mol. The molecule has 3 aliphatic rings. The second kappa shape index (κ2) is 8.52. The summed E-state index contributed by atoms with van der Waals surface area (Å²) < 4.78 is 5.41. The predicted octanol–water partition coefficient (Wildman–Crippen LogP) is 1.47. The Bertz CT molecular complexity index is 643. The van der Waals surface area contributed by atoms with Gasteiger partial charge in [-0.2, -0.15) is 0 Å². The van der Waals surface area contributed by atoms with E-state index < -0.39 is 0 Å². The Labute approximate surface area is 161 Å². The summed E-state index contributed by atoms with van der Waals surface area (Å²) in [6.45, 7) is 7.99. The van der Waals surface area contributed by atoms with Crippen LogP contribution < -0.4 is 4.90 Å². The lowest BCUT2D eigenvalue weighted by Crippen LogP contribution is -2.48. The van der Waals surface area contributed by atoms with Gasteiger partial charge in [0.25, 0.3) is 0 Å². The number of aromatic nitrogens is 2. The summed E-state index contributed by atoms with van der Waals surface area (Å²) in [5.41, 5.74) is 1.04. The van der Waals surface area contributed by atoms with Crippen LogP contribution in [0.15, 0.2) is 12.4 Å². The molecule has 1 saturated carbocycles. The molecule has 2 aliphatic heterocycles. The first kappa shape index (κ1) is 18.6. The van der Waals surface area contributed by atoms with Gasteiger partial charge in [0.15, 0.2) is 0 Å². The maximum Gasteiger partial charge on any atom is 0.225 e. The van der Waals surface area contributed by atoms with Crippen LogP contribution in [0.25, 0.3) is 0 Å². The predicted molar refractivity (Wildman–Crippen MR) is 104 cm³/mol. The van der Waals surface area contributed by atoms with Gasteiger partial charge in [0.1, 0.15) is 12.1 Å². The fourth-order valence-electron chi connectivity index (χ4n) is 4.25. The summed E-state index contributed by atoms with van der Waals surface area (Å²) in [4.78, 5) is 27.9. The zero-order chi connectivity index (χ0) is 18.6. The average Bonchev–Trinajstić information content (AvgIpc) is 3.51. The van der Waals surface area contributed by atoms with Gasteiger partial charge in [0.05, 0.1) is 19.6 Å². The Hall–Kier alpha value is -1.73. The molecule has 1 aromatic rings. The highest BCUT2D eigenvalue weighted by Gasteiger charge is 2.36. The number of hydrogen-bond acceptors (Lipinski definition) is 6. The molecule has 148 valence electrons. The minimum atomic E-state index is 0.237. The Kier molecular flexibility index (Phi) is 5.88. The van der Waals surface area contributed by atoms with Gasteiger partial charge in [-0.3, -0.25) is 4.79 Å². The molecule has 7 heteroatoms.